The Morgan fingerprint density at radius 3 is 2.47 bits per heavy atom. The van der Waals surface area contributed by atoms with E-state index < -0.39 is 0 Å². The van der Waals surface area contributed by atoms with Gasteiger partial charge in [-0.3, -0.25) is 4.79 Å². The molecule has 0 heterocycles. The van der Waals surface area contributed by atoms with E-state index >= 15 is 0 Å². The van der Waals surface area contributed by atoms with Crippen LogP contribution in [0.2, 0.25) is 0 Å². The number of benzene rings is 1. The molecular formula is C11H14N2O2. The number of ether oxygens (including phenoxy) is 1. The first-order chi connectivity index (χ1) is 7.17. The predicted octanol–water partition coefficient (Wildman–Crippen LogP) is 1.66. The maximum atomic E-state index is 11.1. The molecule has 1 aromatic rings. The molecule has 0 saturated heterocycles. The molecule has 1 aromatic carbocycles. The van der Waals surface area contributed by atoms with Crippen LogP contribution in [0.4, 0.5) is 0 Å². The standard InChI is InChI=1S/C11H14N2O2/c1-9(14)13(12-2)8-10-4-6-11(15-3)7-5-10/h4-7H,2,8H2,1,3H3. The maximum Gasteiger partial charge on any atom is 0.239 e. The molecule has 4 heteroatoms. The average molecular weight is 206 g/mol. The maximum absolute atomic E-state index is 11.1. The van der Waals surface area contributed by atoms with Gasteiger partial charge in [0, 0.05) is 13.6 Å². The van der Waals surface area contributed by atoms with Gasteiger partial charge in [-0.25, -0.2) is 5.01 Å². The zero-order valence-electron chi connectivity index (χ0n) is 8.93. The fourth-order valence-corrected chi connectivity index (χ4v) is 1.16. The minimum atomic E-state index is -0.124. The van der Waals surface area contributed by atoms with Crippen LogP contribution in [0.3, 0.4) is 0 Å². The summed E-state index contributed by atoms with van der Waals surface area (Å²) in [5, 5.41) is 4.94. The third-order valence-electron chi connectivity index (χ3n) is 2.03. The molecule has 0 aliphatic rings. The van der Waals surface area contributed by atoms with Crippen molar-refractivity contribution in [2.24, 2.45) is 5.10 Å². The molecule has 1 rings (SSSR count). The Morgan fingerprint density at radius 1 is 1.47 bits per heavy atom. The Bertz CT molecular complexity index is 346. The molecule has 80 valence electrons. The molecule has 0 N–H and O–H groups in total. The second-order valence-electron chi connectivity index (χ2n) is 3.07. The van der Waals surface area contributed by atoms with Crippen molar-refractivity contribution in [3.63, 3.8) is 0 Å². The van der Waals surface area contributed by atoms with Crippen molar-refractivity contribution in [1.82, 2.24) is 5.01 Å². The van der Waals surface area contributed by atoms with E-state index in [1.165, 1.54) is 11.9 Å². The smallest absolute Gasteiger partial charge is 0.239 e. The van der Waals surface area contributed by atoms with E-state index in [2.05, 4.69) is 11.8 Å². The van der Waals surface area contributed by atoms with Crippen LogP contribution in [-0.2, 0) is 11.3 Å². The van der Waals surface area contributed by atoms with Crippen molar-refractivity contribution in [3.05, 3.63) is 29.8 Å². The SMILES string of the molecule is C=NN(Cc1ccc(OC)cc1)C(C)=O. The molecule has 0 unspecified atom stereocenters. The van der Waals surface area contributed by atoms with E-state index in [9.17, 15) is 4.79 Å². The number of methoxy groups -OCH3 is 1. The molecule has 15 heavy (non-hydrogen) atoms. The Morgan fingerprint density at radius 2 is 2.07 bits per heavy atom. The van der Waals surface area contributed by atoms with E-state index in [0.29, 0.717) is 6.54 Å². The van der Waals surface area contributed by atoms with Crippen molar-refractivity contribution in [2.75, 3.05) is 7.11 Å². The molecule has 0 aliphatic heterocycles. The van der Waals surface area contributed by atoms with E-state index in [4.69, 9.17) is 4.74 Å². The van der Waals surface area contributed by atoms with Gasteiger partial charge in [0.05, 0.1) is 13.7 Å². The van der Waals surface area contributed by atoms with Crippen LogP contribution in [0.5, 0.6) is 5.75 Å². The lowest BCUT2D eigenvalue weighted by molar-refractivity contribution is -0.129. The molecule has 1 amide bonds. The highest BCUT2D eigenvalue weighted by Gasteiger charge is 2.06. The first-order valence-electron chi connectivity index (χ1n) is 4.55. The fourth-order valence-electron chi connectivity index (χ4n) is 1.16. The number of nitrogens with zero attached hydrogens (tertiary/aromatic N) is 2. The summed E-state index contributed by atoms with van der Waals surface area (Å²) >= 11 is 0. The van der Waals surface area contributed by atoms with Gasteiger partial charge in [-0.2, -0.15) is 5.10 Å². The van der Waals surface area contributed by atoms with Gasteiger partial charge in [0.25, 0.3) is 0 Å². The van der Waals surface area contributed by atoms with Crippen molar-refractivity contribution in [2.45, 2.75) is 13.5 Å². The summed E-state index contributed by atoms with van der Waals surface area (Å²) in [6.45, 7) is 5.23. The number of carbonyl (C=O) groups is 1. The fraction of sp³-hybridized carbons (Fsp3) is 0.273. The Kier molecular flexibility index (Phi) is 3.85. The number of carbonyl (C=O) groups excluding carboxylic acids is 1. The van der Waals surface area contributed by atoms with Gasteiger partial charge in [0.15, 0.2) is 0 Å². The molecule has 0 bridgehead atoms. The summed E-state index contributed by atoms with van der Waals surface area (Å²) in [7, 11) is 1.61. The molecule has 0 spiro atoms. The van der Waals surface area contributed by atoms with Gasteiger partial charge in [0.2, 0.25) is 5.91 Å². The quantitative estimate of drug-likeness (QED) is 0.555. The zero-order valence-corrected chi connectivity index (χ0v) is 8.93. The van der Waals surface area contributed by atoms with Crippen molar-refractivity contribution in [3.8, 4) is 5.75 Å². The number of rotatable bonds is 4. The predicted molar refractivity (Wildman–Crippen MR) is 58.8 cm³/mol. The van der Waals surface area contributed by atoms with Crippen molar-refractivity contribution >= 4 is 12.6 Å². The molecule has 0 aromatic heterocycles. The third kappa shape index (κ3) is 3.09. The van der Waals surface area contributed by atoms with E-state index in [1.807, 2.05) is 24.3 Å². The number of hydrogen-bond donors (Lipinski definition) is 0. The highest BCUT2D eigenvalue weighted by molar-refractivity contribution is 5.73. The van der Waals surface area contributed by atoms with Crippen LogP contribution in [0.25, 0.3) is 0 Å². The minimum absolute atomic E-state index is 0.124. The van der Waals surface area contributed by atoms with Crippen LogP contribution in [-0.4, -0.2) is 24.7 Å². The number of hydrogen-bond acceptors (Lipinski definition) is 3. The number of amides is 1. The highest BCUT2D eigenvalue weighted by atomic mass is 16.5. The van der Waals surface area contributed by atoms with Crippen molar-refractivity contribution < 1.29 is 9.53 Å². The first kappa shape index (κ1) is 11.2. The molecular weight excluding hydrogens is 192 g/mol. The van der Waals surface area contributed by atoms with Gasteiger partial charge in [0.1, 0.15) is 5.75 Å². The van der Waals surface area contributed by atoms with Crippen LogP contribution < -0.4 is 4.74 Å². The summed E-state index contributed by atoms with van der Waals surface area (Å²) in [5.74, 6) is 0.667. The molecule has 0 saturated carbocycles. The summed E-state index contributed by atoms with van der Waals surface area (Å²) in [5.41, 5.74) is 0.985. The molecule has 4 nitrogen and oxygen atoms in total. The third-order valence-corrected chi connectivity index (χ3v) is 2.03. The average Bonchev–Trinajstić information content (AvgIpc) is 2.26. The number of hydrazone groups is 1. The van der Waals surface area contributed by atoms with Crippen LogP contribution in [0.15, 0.2) is 29.4 Å². The van der Waals surface area contributed by atoms with Gasteiger partial charge >= 0.3 is 0 Å². The van der Waals surface area contributed by atoms with Crippen LogP contribution >= 0.6 is 0 Å². The zero-order chi connectivity index (χ0) is 11.3. The Hall–Kier alpha value is -1.84. The van der Waals surface area contributed by atoms with Crippen LogP contribution in [0, 0.1) is 0 Å². The normalized spacial score (nSPS) is 9.47. The van der Waals surface area contributed by atoms with Gasteiger partial charge < -0.3 is 4.74 Å². The van der Waals surface area contributed by atoms with Crippen LogP contribution in [0.1, 0.15) is 12.5 Å². The minimum Gasteiger partial charge on any atom is -0.497 e. The lowest BCUT2D eigenvalue weighted by Crippen LogP contribution is -2.21. The van der Waals surface area contributed by atoms with Gasteiger partial charge in [-0.15, -0.1) is 0 Å². The van der Waals surface area contributed by atoms with E-state index in [-0.39, 0.29) is 5.91 Å². The molecule has 0 atom stereocenters. The highest BCUT2D eigenvalue weighted by Crippen LogP contribution is 2.13. The van der Waals surface area contributed by atoms with Gasteiger partial charge in [-0.05, 0) is 17.7 Å². The summed E-state index contributed by atoms with van der Waals surface area (Å²) in [6.07, 6.45) is 0. The Balaban J connectivity index is 2.71. The second kappa shape index (κ2) is 5.14. The molecule has 0 aliphatic carbocycles. The summed E-state index contributed by atoms with van der Waals surface area (Å²) in [4.78, 5) is 11.1. The second-order valence-corrected chi connectivity index (χ2v) is 3.07. The van der Waals surface area contributed by atoms with E-state index in [1.54, 1.807) is 7.11 Å². The first-order valence-corrected chi connectivity index (χ1v) is 4.55. The van der Waals surface area contributed by atoms with Gasteiger partial charge in [-0.1, -0.05) is 12.1 Å². The lowest BCUT2D eigenvalue weighted by atomic mass is 10.2. The molecule has 0 radical (unpaired) electrons. The Labute approximate surface area is 89.2 Å². The van der Waals surface area contributed by atoms with E-state index in [0.717, 1.165) is 11.3 Å². The largest absolute Gasteiger partial charge is 0.497 e. The monoisotopic (exact) mass is 206 g/mol. The molecule has 0 fully saturated rings. The summed E-state index contributed by atoms with van der Waals surface area (Å²) in [6, 6.07) is 7.47. The van der Waals surface area contributed by atoms with Crippen molar-refractivity contribution in [1.29, 1.82) is 0 Å². The topological polar surface area (TPSA) is 41.9 Å². The lowest BCUT2D eigenvalue weighted by Gasteiger charge is -2.14. The summed E-state index contributed by atoms with van der Waals surface area (Å²) < 4.78 is 5.03.